The average molecular weight is 829 g/mol. The third-order valence-corrected chi connectivity index (χ3v) is 14.4. The summed E-state index contributed by atoms with van der Waals surface area (Å²) in [6.45, 7) is 4.74. The van der Waals surface area contributed by atoms with Crippen LogP contribution in [0.5, 0.6) is 0 Å². The molecule has 1 aliphatic rings. The molecule has 0 spiro atoms. The summed E-state index contributed by atoms with van der Waals surface area (Å²) >= 11 is 0. The fraction of sp³-hybridized carbons (Fsp3) is 0.0476. The van der Waals surface area contributed by atoms with Crippen molar-refractivity contribution in [2.75, 3.05) is 0 Å². The lowest BCUT2D eigenvalue weighted by molar-refractivity contribution is 0.666. The third kappa shape index (κ3) is 5.23. The highest BCUT2D eigenvalue weighted by atomic mass is 16.3. The maximum atomic E-state index is 6.55. The van der Waals surface area contributed by atoms with Gasteiger partial charge in [-0.05, 0) is 130 Å². The topological polar surface area (TPSA) is 26.3 Å². The Morgan fingerprint density at radius 2 is 0.831 bits per heavy atom. The molecule has 2 aromatic heterocycles. The standard InChI is InChI=1S/C63H40O2/c1-63(2)55-31-27-40(34-52(55)50-30-26-37-12-3-4-13-43(37)61(50)63)41-28-32-57-53(35-41)54-36-42(29-33-58(54)64-57)60-48-17-7-5-15-46(48)59(47-16-6-8-18-49(47)60)39-24-22-38(23-25-39)44-19-11-20-51-45-14-9-10-21-56(45)65-62(44)51/h3-36H,1-2H3. The van der Waals surface area contributed by atoms with Gasteiger partial charge in [0.05, 0.1) is 0 Å². The first-order valence-electron chi connectivity index (χ1n) is 22.6. The van der Waals surface area contributed by atoms with E-state index in [9.17, 15) is 0 Å². The Hall–Kier alpha value is -8.20. The van der Waals surface area contributed by atoms with E-state index in [1.807, 2.05) is 12.1 Å². The molecule has 1 aliphatic carbocycles. The molecule has 0 N–H and O–H groups in total. The quantitative estimate of drug-likeness (QED) is 0.165. The number of hydrogen-bond donors (Lipinski definition) is 0. The molecule has 0 saturated carbocycles. The highest BCUT2D eigenvalue weighted by molar-refractivity contribution is 6.22. The van der Waals surface area contributed by atoms with E-state index in [1.165, 1.54) is 88.0 Å². The number of furan rings is 2. The first-order chi connectivity index (χ1) is 32.0. The lowest BCUT2D eigenvalue weighted by atomic mass is 9.80. The maximum Gasteiger partial charge on any atom is 0.143 e. The van der Waals surface area contributed by atoms with Gasteiger partial charge >= 0.3 is 0 Å². The molecule has 304 valence electrons. The van der Waals surface area contributed by atoms with Gasteiger partial charge in [0.25, 0.3) is 0 Å². The second-order valence-corrected chi connectivity index (χ2v) is 18.3. The summed E-state index contributed by atoms with van der Waals surface area (Å²) in [7, 11) is 0. The minimum Gasteiger partial charge on any atom is -0.456 e. The SMILES string of the molecule is CC1(C)c2ccc(-c3ccc4oc5ccc(-c6c7ccccc7c(-c7ccc(-c8cccc9c8oc8ccccc89)cc7)c7ccccc67)cc5c4c3)cc2-c2ccc3ccccc3c21. The van der Waals surface area contributed by atoms with Gasteiger partial charge in [0.15, 0.2) is 0 Å². The number of fused-ring (bicyclic) bond motifs is 13. The van der Waals surface area contributed by atoms with Crippen LogP contribution in [-0.4, -0.2) is 0 Å². The van der Waals surface area contributed by atoms with E-state index >= 15 is 0 Å². The summed E-state index contributed by atoms with van der Waals surface area (Å²) < 4.78 is 13.0. The smallest absolute Gasteiger partial charge is 0.143 e. The van der Waals surface area contributed by atoms with Gasteiger partial charge in [-0.15, -0.1) is 0 Å². The molecule has 0 aliphatic heterocycles. The van der Waals surface area contributed by atoms with Crippen LogP contribution in [0.3, 0.4) is 0 Å². The Bertz CT molecular complexity index is 4080. The van der Waals surface area contributed by atoms with Crippen LogP contribution in [0.2, 0.25) is 0 Å². The molecule has 0 bridgehead atoms. The number of para-hydroxylation sites is 2. The van der Waals surface area contributed by atoms with E-state index in [-0.39, 0.29) is 5.41 Å². The van der Waals surface area contributed by atoms with Crippen molar-refractivity contribution in [2.24, 2.45) is 0 Å². The van der Waals surface area contributed by atoms with Gasteiger partial charge in [-0.2, -0.15) is 0 Å². The van der Waals surface area contributed by atoms with Crippen molar-refractivity contribution < 1.29 is 8.83 Å². The van der Waals surface area contributed by atoms with Crippen molar-refractivity contribution in [2.45, 2.75) is 19.3 Å². The van der Waals surface area contributed by atoms with Crippen LogP contribution in [0.4, 0.5) is 0 Å². The summed E-state index contributed by atoms with van der Waals surface area (Å²) in [5.41, 5.74) is 18.4. The molecule has 0 amide bonds. The molecule has 14 rings (SSSR count). The van der Waals surface area contributed by atoms with Crippen LogP contribution in [-0.2, 0) is 5.41 Å². The van der Waals surface area contributed by atoms with Gasteiger partial charge < -0.3 is 8.83 Å². The zero-order valence-corrected chi connectivity index (χ0v) is 35.9. The number of benzene rings is 11. The molecule has 65 heavy (non-hydrogen) atoms. The molecule has 2 heteroatoms. The van der Waals surface area contributed by atoms with Crippen LogP contribution in [0.25, 0.3) is 132 Å². The van der Waals surface area contributed by atoms with E-state index in [1.54, 1.807) is 0 Å². The van der Waals surface area contributed by atoms with Crippen molar-refractivity contribution in [3.63, 3.8) is 0 Å². The predicted molar refractivity (Wildman–Crippen MR) is 273 cm³/mol. The highest BCUT2D eigenvalue weighted by Gasteiger charge is 2.37. The Labute approximate surface area is 375 Å². The molecule has 0 unspecified atom stereocenters. The lowest BCUT2D eigenvalue weighted by Crippen LogP contribution is -2.15. The molecule has 11 aromatic carbocycles. The molecular weight excluding hydrogens is 789 g/mol. The summed E-state index contributed by atoms with van der Waals surface area (Å²) in [6.07, 6.45) is 0. The fourth-order valence-corrected chi connectivity index (χ4v) is 11.4. The summed E-state index contributed by atoms with van der Waals surface area (Å²) in [4.78, 5) is 0. The van der Waals surface area contributed by atoms with Crippen LogP contribution >= 0.6 is 0 Å². The monoisotopic (exact) mass is 828 g/mol. The summed E-state index contributed by atoms with van der Waals surface area (Å²) in [5, 5.41) is 12.0. The normalized spacial score (nSPS) is 13.2. The zero-order valence-electron chi connectivity index (χ0n) is 35.9. The Morgan fingerprint density at radius 1 is 0.308 bits per heavy atom. The zero-order chi connectivity index (χ0) is 43.0. The molecule has 2 heterocycles. The van der Waals surface area contributed by atoms with Gasteiger partial charge in [0.1, 0.15) is 22.3 Å². The molecule has 0 atom stereocenters. The summed E-state index contributed by atoms with van der Waals surface area (Å²) in [6, 6.07) is 75.4. The van der Waals surface area contributed by atoms with Gasteiger partial charge in [0.2, 0.25) is 0 Å². The Morgan fingerprint density at radius 3 is 1.55 bits per heavy atom. The fourth-order valence-electron chi connectivity index (χ4n) is 11.4. The van der Waals surface area contributed by atoms with Gasteiger partial charge in [-0.1, -0.05) is 184 Å². The van der Waals surface area contributed by atoms with Crippen LogP contribution in [0.15, 0.2) is 215 Å². The molecule has 13 aromatic rings. The first-order valence-corrected chi connectivity index (χ1v) is 22.6. The van der Waals surface area contributed by atoms with E-state index in [2.05, 4.69) is 208 Å². The summed E-state index contributed by atoms with van der Waals surface area (Å²) in [5.74, 6) is 0. The largest absolute Gasteiger partial charge is 0.456 e. The average Bonchev–Trinajstić information content (AvgIpc) is 4.00. The van der Waals surface area contributed by atoms with E-state index < -0.39 is 0 Å². The van der Waals surface area contributed by atoms with Crippen molar-refractivity contribution in [3.05, 3.63) is 217 Å². The van der Waals surface area contributed by atoms with E-state index in [4.69, 9.17) is 8.83 Å². The minimum absolute atomic E-state index is 0.0884. The second-order valence-electron chi connectivity index (χ2n) is 18.3. The molecule has 0 radical (unpaired) electrons. The lowest BCUT2D eigenvalue weighted by Gasteiger charge is -2.23. The molecular formula is C63H40O2. The van der Waals surface area contributed by atoms with Crippen molar-refractivity contribution >= 4 is 76.2 Å². The van der Waals surface area contributed by atoms with Crippen molar-refractivity contribution in [1.82, 2.24) is 0 Å². The maximum absolute atomic E-state index is 6.55. The van der Waals surface area contributed by atoms with Crippen LogP contribution < -0.4 is 0 Å². The van der Waals surface area contributed by atoms with Gasteiger partial charge in [-0.3, -0.25) is 0 Å². The van der Waals surface area contributed by atoms with Crippen LogP contribution in [0.1, 0.15) is 25.0 Å². The molecule has 0 fully saturated rings. The van der Waals surface area contributed by atoms with Crippen LogP contribution in [0, 0.1) is 0 Å². The molecule has 0 saturated heterocycles. The predicted octanol–water partition coefficient (Wildman–Crippen LogP) is 17.9. The van der Waals surface area contributed by atoms with Gasteiger partial charge in [0, 0.05) is 32.5 Å². The van der Waals surface area contributed by atoms with Crippen molar-refractivity contribution in [1.29, 1.82) is 0 Å². The van der Waals surface area contributed by atoms with Crippen molar-refractivity contribution in [3.8, 4) is 55.6 Å². The Kier molecular flexibility index (Phi) is 7.49. The van der Waals surface area contributed by atoms with E-state index in [0.29, 0.717) is 0 Å². The minimum atomic E-state index is -0.0884. The number of rotatable bonds is 4. The Balaban J connectivity index is 0.891. The second kappa shape index (κ2) is 13.4. The number of hydrogen-bond acceptors (Lipinski definition) is 2. The highest BCUT2D eigenvalue weighted by Crippen LogP contribution is 2.53. The van der Waals surface area contributed by atoms with Gasteiger partial charge in [-0.25, -0.2) is 0 Å². The third-order valence-electron chi connectivity index (χ3n) is 14.4. The molecule has 2 nitrogen and oxygen atoms in total. The first kappa shape index (κ1) is 36.3. The van der Waals surface area contributed by atoms with E-state index in [0.717, 1.165) is 55.0 Å².